The molecule has 0 unspecified atom stereocenters. The Morgan fingerprint density at radius 3 is 1.25 bits per heavy atom. The van der Waals surface area contributed by atoms with Crippen LogP contribution in [0.25, 0.3) is 0 Å². The van der Waals surface area contributed by atoms with Crippen molar-refractivity contribution in [2.45, 2.75) is 0 Å². The molecule has 0 amide bonds. The van der Waals surface area contributed by atoms with E-state index in [1.165, 1.54) is 0 Å². The Morgan fingerprint density at radius 1 is 1.25 bits per heavy atom. The Labute approximate surface area is 89.0 Å². The molecule has 1 nitrogen and oxygen atoms in total. The molecule has 0 fully saturated rings. The van der Waals surface area contributed by atoms with Crippen molar-refractivity contribution in [3.05, 3.63) is 0 Å². The zero-order valence-electron chi connectivity index (χ0n) is 0.908. The van der Waals surface area contributed by atoms with E-state index < -0.39 is 0 Å². The summed E-state index contributed by atoms with van der Waals surface area (Å²) < 4.78 is 8.34. The predicted molar refractivity (Wildman–Crippen MR) is 19.2 cm³/mol. The Bertz CT molecular complexity index is 8.00. The van der Waals surface area contributed by atoms with Crippen LogP contribution in [0, 0.1) is 0 Å². The number of rotatable bonds is 0. The molecule has 4 heavy (non-hydrogen) atoms. The van der Waals surface area contributed by atoms with Gasteiger partial charge in [0.1, 0.15) is 0 Å². The zero-order chi connectivity index (χ0) is 2.00. The summed E-state index contributed by atoms with van der Waals surface area (Å²) in [6.07, 6.45) is 0. The molecule has 4 heteroatoms. The molecular weight excluding hydrogens is 262 g/mol. The molecule has 0 saturated carbocycles. The van der Waals surface area contributed by atoms with Crippen molar-refractivity contribution in [2.75, 3.05) is 0 Å². The summed E-state index contributed by atoms with van der Waals surface area (Å²) in [5.74, 6) is 0. The van der Waals surface area contributed by atoms with Gasteiger partial charge in [-0.1, -0.05) is 0 Å². The van der Waals surface area contributed by atoms with Crippen molar-refractivity contribution >= 4 is 63.6 Å². The van der Waals surface area contributed by atoms with E-state index in [9.17, 15) is 0 Å². The summed E-state index contributed by atoms with van der Waals surface area (Å²) in [5.41, 5.74) is 0. The molecule has 0 aliphatic heterocycles. The molecule has 0 aliphatic carbocycles. The SMILES string of the molecule is [CaH2].[InH3].[O]=[Zr]. The first-order valence-corrected chi connectivity index (χ1v) is 1.21. The normalized spacial score (nSPS) is 0.750. The van der Waals surface area contributed by atoms with Gasteiger partial charge in [-0.05, 0) is 0 Å². The molecule has 0 aromatic rings. The molecule has 0 aromatic heterocycles. The third-order valence-electron chi connectivity index (χ3n) is 0. The molecule has 0 saturated heterocycles. The third-order valence-corrected chi connectivity index (χ3v) is 0. The van der Waals surface area contributed by atoms with Crippen LogP contribution in [0.5, 0.6) is 0 Å². The Morgan fingerprint density at radius 2 is 1.25 bits per heavy atom. The van der Waals surface area contributed by atoms with Crippen LogP contribution in [0.15, 0.2) is 0 Å². The minimum atomic E-state index is 0. The fourth-order valence-electron chi connectivity index (χ4n) is 0. The van der Waals surface area contributed by atoms with Crippen molar-refractivity contribution < 1.29 is 27.5 Å². The van der Waals surface area contributed by atoms with Gasteiger partial charge in [0.15, 0.2) is 0 Å². The molecule has 20 valence electrons. The number of hydrogen-bond donors (Lipinski definition) is 0. The van der Waals surface area contributed by atoms with E-state index in [0.29, 0.717) is 24.7 Å². The summed E-state index contributed by atoms with van der Waals surface area (Å²) in [6, 6.07) is 0. The Hall–Kier alpha value is 2.81. The van der Waals surface area contributed by atoms with Crippen molar-refractivity contribution in [1.29, 1.82) is 0 Å². The Kier molecular flexibility index (Phi) is 67.4. The average Bonchev–Trinajstić information content (AvgIpc) is 1.00. The van der Waals surface area contributed by atoms with Crippen LogP contribution < -0.4 is 0 Å². The summed E-state index contributed by atoms with van der Waals surface area (Å²) >= 11 is 0.300. The topological polar surface area (TPSA) is 17.1 Å². The van der Waals surface area contributed by atoms with Gasteiger partial charge in [-0.3, -0.25) is 0 Å². The maximum absolute atomic E-state index is 8.34. The van der Waals surface area contributed by atoms with Crippen molar-refractivity contribution in [3.8, 4) is 0 Å². The summed E-state index contributed by atoms with van der Waals surface area (Å²) in [5, 5.41) is 0. The number of hydrogen-bond acceptors (Lipinski definition) is 1. The standard InChI is InChI=1S/Ca.In.O.Zr.5H. The monoisotopic (exact) mass is 266 g/mol. The molecule has 0 radical (unpaired) electrons. The van der Waals surface area contributed by atoms with E-state index in [4.69, 9.17) is 2.81 Å². The van der Waals surface area contributed by atoms with E-state index in [-0.39, 0.29) is 63.6 Å². The van der Waals surface area contributed by atoms with Crippen molar-refractivity contribution in [2.24, 2.45) is 0 Å². The second kappa shape index (κ2) is 17.0. The quantitative estimate of drug-likeness (QED) is 0.454. The van der Waals surface area contributed by atoms with Crippen LogP contribution in [0.3, 0.4) is 0 Å². The van der Waals surface area contributed by atoms with E-state index in [0.717, 1.165) is 0 Å². The van der Waals surface area contributed by atoms with Gasteiger partial charge in [-0.25, -0.2) is 0 Å². The molecule has 0 aromatic carbocycles. The first-order chi connectivity index (χ1) is 1.00. The van der Waals surface area contributed by atoms with E-state index >= 15 is 0 Å². The van der Waals surface area contributed by atoms with Crippen LogP contribution in [0.1, 0.15) is 0 Å². The fraction of sp³-hybridized carbons (Fsp3) is 0. The van der Waals surface area contributed by atoms with Crippen LogP contribution in [-0.4, -0.2) is 63.6 Å². The fourth-order valence-corrected chi connectivity index (χ4v) is 0. The molecule has 0 rings (SSSR count). The van der Waals surface area contributed by atoms with Gasteiger partial charge in [-0.15, -0.1) is 0 Å². The third kappa shape index (κ3) is 8.84. The second-order valence-electron chi connectivity index (χ2n) is 0. The van der Waals surface area contributed by atoms with E-state index in [2.05, 4.69) is 0 Å². The summed E-state index contributed by atoms with van der Waals surface area (Å²) in [6.45, 7) is 0. The van der Waals surface area contributed by atoms with Crippen LogP contribution >= 0.6 is 0 Å². The van der Waals surface area contributed by atoms with Gasteiger partial charge in [-0.2, -0.15) is 0 Å². The molecule has 0 aliphatic rings. The maximum atomic E-state index is 8.34. The summed E-state index contributed by atoms with van der Waals surface area (Å²) in [7, 11) is 0. The van der Waals surface area contributed by atoms with E-state index in [1.807, 2.05) is 0 Å². The molecule has 0 N–H and O–H groups in total. The first-order valence-electron chi connectivity index (χ1n) is 0.204. The first kappa shape index (κ1) is 15.8. The average molecular weight is 267 g/mol. The summed E-state index contributed by atoms with van der Waals surface area (Å²) in [4.78, 5) is 0. The van der Waals surface area contributed by atoms with Gasteiger partial charge >= 0.3 is 91.1 Å². The van der Waals surface area contributed by atoms with E-state index in [1.54, 1.807) is 0 Å². The Balaban J connectivity index is -0.00000000500. The van der Waals surface area contributed by atoms with Gasteiger partial charge in [0.25, 0.3) is 0 Å². The molecule has 0 atom stereocenters. The van der Waals surface area contributed by atoms with Gasteiger partial charge in [0, 0.05) is 0 Å². The molecule has 0 heterocycles. The molecule has 0 bridgehead atoms. The van der Waals surface area contributed by atoms with Gasteiger partial charge in [0.05, 0.1) is 0 Å². The van der Waals surface area contributed by atoms with Crippen molar-refractivity contribution in [1.82, 2.24) is 0 Å². The zero-order valence-corrected chi connectivity index (χ0v) is 3.37. The van der Waals surface area contributed by atoms with Crippen LogP contribution in [0.2, 0.25) is 0 Å². The minimum absolute atomic E-state index is 0. The van der Waals surface area contributed by atoms with Gasteiger partial charge in [0.2, 0.25) is 0 Å². The van der Waals surface area contributed by atoms with Crippen LogP contribution in [0.4, 0.5) is 0 Å². The predicted octanol–water partition coefficient (Wildman–Crippen LogP) is -2.22. The van der Waals surface area contributed by atoms with Gasteiger partial charge < -0.3 is 0 Å². The second-order valence-corrected chi connectivity index (χ2v) is 0. The molecule has 0 spiro atoms. The van der Waals surface area contributed by atoms with Crippen molar-refractivity contribution in [3.63, 3.8) is 0 Å². The molecular formula is H5CaInOZr. The van der Waals surface area contributed by atoms with Crippen LogP contribution in [-0.2, 0) is 27.5 Å².